The van der Waals surface area contributed by atoms with Crippen LogP contribution in [-0.2, 0) is 4.79 Å². The fourth-order valence-corrected chi connectivity index (χ4v) is 2.47. The van der Waals surface area contributed by atoms with Crippen molar-refractivity contribution in [3.05, 3.63) is 25.3 Å². The second-order valence-corrected chi connectivity index (χ2v) is 4.99. The summed E-state index contributed by atoms with van der Waals surface area (Å²) >= 11 is 0. The Bertz CT molecular complexity index is 299. The summed E-state index contributed by atoms with van der Waals surface area (Å²) in [4.78, 5) is 16.2. The second kappa shape index (κ2) is 9.13. The predicted octanol–water partition coefficient (Wildman–Crippen LogP) is 1.28. The average Bonchev–Trinajstić information content (AvgIpc) is 2.70. The minimum atomic E-state index is 0. The standard InChI is InChI=1S/C14H25N3O.ClH/c1-4-6-16(7-5-2)14(18)11-17-10-13(9-15)8-12(17)3;/h4-5,12-13H,1-2,6-11,15H2,3H3;1H. The van der Waals surface area contributed by atoms with Crippen molar-refractivity contribution in [1.82, 2.24) is 9.80 Å². The summed E-state index contributed by atoms with van der Waals surface area (Å²) in [5, 5.41) is 0. The zero-order chi connectivity index (χ0) is 13.5. The minimum absolute atomic E-state index is 0. The quantitative estimate of drug-likeness (QED) is 0.718. The molecule has 110 valence electrons. The molecule has 2 atom stereocenters. The number of nitrogens with two attached hydrogens (primary N) is 1. The molecule has 0 aromatic rings. The summed E-state index contributed by atoms with van der Waals surface area (Å²) in [5.41, 5.74) is 5.70. The van der Waals surface area contributed by atoms with Crippen LogP contribution in [0.5, 0.6) is 0 Å². The van der Waals surface area contributed by atoms with E-state index < -0.39 is 0 Å². The molecule has 1 saturated heterocycles. The number of carbonyl (C=O) groups excluding carboxylic acids is 1. The Morgan fingerprint density at radius 2 is 2.00 bits per heavy atom. The number of hydrogen-bond donors (Lipinski definition) is 1. The molecule has 1 rings (SSSR count). The molecular weight excluding hydrogens is 262 g/mol. The number of likely N-dealkylation sites (tertiary alicyclic amines) is 1. The maximum absolute atomic E-state index is 12.2. The molecule has 0 aromatic heterocycles. The molecule has 1 fully saturated rings. The van der Waals surface area contributed by atoms with Gasteiger partial charge >= 0.3 is 0 Å². The van der Waals surface area contributed by atoms with E-state index in [4.69, 9.17) is 5.73 Å². The molecule has 5 heteroatoms. The van der Waals surface area contributed by atoms with Gasteiger partial charge in [-0.3, -0.25) is 9.69 Å². The highest BCUT2D eigenvalue weighted by Gasteiger charge is 2.30. The Kier molecular flexibility index (Phi) is 8.72. The summed E-state index contributed by atoms with van der Waals surface area (Å²) in [6, 6.07) is 0.441. The van der Waals surface area contributed by atoms with Gasteiger partial charge in [-0.1, -0.05) is 12.2 Å². The SMILES string of the molecule is C=CCN(CC=C)C(=O)CN1CC(CN)CC1C.Cl. The van der Waals surface area contributed by atoms with Crippen molar-refractivity contribution < 1.29 is 4.79 Å². The Labute approximate surface area is 122 Å². The Balaban J connectivity index is 0.00000324. The Morgan fingerprint density at radius 1 is 1.42 bits per heavy atom. The fraction of sp³-hybridized carbons (Fsp3) is 0.643. The van der Waals surface area contributed by atoms with Crippen molar-refractivity contribution in [1.29, 1.82) is 0 Å². The first-order valence-electron chi connectivity index (χ1n) is 6.56. The van der Waals surface area contributed by atoms with Crippen LogP contribution in [0.25, 0.3) is 0 Å². The monoisotopic (exact) mass is 287 g/mol. The summed E-state index contributed by atoms with van der Waals surface area (Å²) in [5.74, 6) is 0.666. The Hall–Kier alpha value is -0.840. The van der Waals surface area contributed by atoms with Crippen LogP contribution in [0.1, 0.15) is 13.3 Å². The van der Waals surface area contributed by atoms with Gasteiger partial charge in [0.1, 0.15) is 0 Å². The van der Waals surface area contributed by atoms with Gasteiger partial charge in [0.25, 0.3) is 0 Å². The molecule has 1 amide bonds. The number of carbonyl (C=O) groups is 1. The molecule has 0 spiro atoms. The Morgan fingerprint density at radius 3 is 2.42 bits per heavy atom. The molecule has 1 heterocycles. The maximum Gasteiger partial charge on any atom is 0.237 e. The molecule has 0 aromatic carbocycles. The van der Waals surface area contributed by atoms with Crippen LogP contribution in [0.4, 0.5) is 0 Å². The molecule has 2 unspecified atom stereocenters. The molecule has 2 N–H and O–H groups in total. The predicted molar refractivity (Wildman–Crippen MR) is 82.4 cm³/mol. The van der Waals surface area contributed by atoms with E-state index in [1.807, 2.05) is 0 Å². The van der Waals surface area contributed by atoms with Gasteiger partial charge in [0.15, 0.2) is 0 Å². The van der Waals surface area contributed by atoms with Crippen LogP contribution in [0.15, 0.2) is 25.3 Å². The summed E-state index contributed by atoms with van der Waals surface area (Å²) in [6.07, 6.45) is 4.59. The van der Waals surface area contributed by atoms with Gasteiger partial charge in [0, 0.05) is 25.7 Å². The van der Waals surface area contributed by atoms with Crippen LogP contribution in [0, 0.1) is 5.92 Å². The zero-order valence-electron chi connectivity index (χ0n) is 11.8. The molecule has 1 aliphatic heterocycles. The van der Waals surface area contributed by atoms with Crippen LogP contribution >= 0.6 is 12.4 Å². The van der Waals surface area contributed by atoms with Gasteiger partial charge < -0.3 is 10.6 Å². The normalized spacial score (nSPS) is 22.6. The van der Waals surface area contributed by atoms with E-state index in [1.165, 1.54) is 0 Å². The lowest BCUT2D eigenvalue weighted by molar-refractivity contribution is -0.131. The first kappa shape index (κ1) is 18.2. The van der Waals surface area contributed by atoms with Crippen molar-refractivity contribution in [3.63, 3.8) is 0 Å². The third kappa shape index (κ3) is 5.35. The third-order valence-electron chi connectivity index (χ3n) is 3.51. The number of rotatable bonds is 7. The highest BCUT2D eigenvalue weighted by Crippen LogP contribution is 2.21. The van der Waals surface area contributed by atoms with Crippen LogP contribution in [0.2, 0.25) is 0 Å². The summed E-state index contributed by atoms with van der Waals surface area (Å²) in [7, 11) is 0. The smallest absolute Gasteiger partial charge is 0.237 e. The van der Waals surface area contributed by atoms with E-state index in [1.54, 1.807) is 17.1 Å². The fourth-order valence-electron chi connectivity index (χ4n) is 2.47. The lowest BCUT2D eigenvalue weighted by atomic mass is 10.1. The lowest BCUT2D eigenvalue weighted by Gasteiger charge is -2.25. The van der Waals surface area contributed by atoms with E-state index in [0.29, 0.717) is 38.1 Å². The molecule has 0 radical (unpaired) electrons. The second-order valence-electron chi connectivity index (χ2n) is 4.99. The third-order valence-corrected chi connectivity index (χ3v) is 3.51. The molecule has 4 nitrogen and oxygen atoms in total. The van der Waals surface area contributed by atoms with Gasteiger partial charge in [0.2, 0.25) is 5.91 Å². The largest absolute Gasteiger partial charge is 0.334 e. The van der Waals surface area contributed by atoms with Gasteiger partial charge in [0.05, 0.1) is 6.54 Å². The highest BCUT2D eigenvalue weighted by atomic mass is 35.5. The van der Waals surface area contributed by atoms with Crippen LogP contribution < -0.4 is 5.73 Å². The van der Waals surface area contributed by atoms with E-state index in [2.05, 4.69) is 25.0 Å². The number of amides is 1. The van der Waals surface area contributed by atoms with E-state index >= 15 is 0 Å². The van der Waals surface area contributed by atoms with Crippen molar-refractivity contribution in [2.45, 2.75) is 19.4 Å². The summed E-state index contributed by atoms with van der Waals surface area (Å²) < 4.78 is 0. The van der Waals surface area contributed by atoms with E-state index in [-0.39, 0.29) is 18.3 Å². The van der Waals surface area contributed by atoms with Crippen molar-refractivity contribution in [2.75, 3.05) is 32.7 Å². The molecule has 19 heavy (non-hydrogen) atoms. The van der Waals surface area contributed by atoms with Crippen LogP contribution in [-0.4, -0.2) is 54.5 Å². The molecular formula is C14H26ClN3O. The molecule has 0 saturated carbocycles. The lowest BCUT2D eigenvalue weighted by Crippen LogP contribution is -2.42. The van der Waals surface area contributed by atoms with Crippen molar-refractivity contribution >= 4 is 18.3 Å². The molecule has 0 aliphatic carbocycles. The van der Waals surface area contributed by atoms with Crippen LogP contribution in [0.3, 0.4) is 0 Å². The van der Waals surface area contributed by atoms with Crippen molar-refractivity contribution in [2.24, 2.45) is 11.7 Å². The number of hydrogen-bond acceptors (Lipinski definition) is 3. The van der Waals surface area contributed by atoms with Crippen molar-refractivity contribution in [3.8, 4) is 0 Å². The van der Waals surface area contributed by atoms with E-state index in [9.17, 15) is 4.79 Å². The minimum Gasteiger partial charge on any atom is -0.334 e. The van der Waals surface area contributed by atoms with Gasteiger partial charge in [-0.2, -0.15) is 0 Å². The average molecular weight is 288 g/mol. The molecule has 1 aliphatic rings. The summed E-state index contributed by atoms with van der Waals surface area (Å²) in [6.45, 7) is 12.8. The zero-order valence-corrected chi connectivity index (χ0v) is 12.6. The van der Waals surface area contributed by atoms with Gasteiger partial charge in [-0.05, 0) is 25.8 Å². The topological polar surface area (TPSA) is 49.6 Å². The van der Waals surface area contributed by atoms with Gasteiger partial charge in [-0.25, -0.2) is 0 Å². The van der Waals surface area contributed by atoms with Gasteiger partial charge in [-0.15, -0.1) is 25.6 Å². The molecule has 0 bridgehead atoms. The number of halogens is 1. The highest BCUT2D eigenvalue weighted by molar-refractivity contribution is 5.85. The first-order valence-corrected chi connectivity index (χ1v) is 6.56. The maximum atomic E-state index is 12.2. The number of nitrogens with zero attached hydrogens (tertiary/aromatic N) is 2. The first-order chi connectivity index (χ1) is 8.62. The van der Waals surface area contributed by atoms with E-state index in [0.717, 1.165) is 13.0 Å².